The molecule has 1 rings (SSSR count). The second kappa shape index (κ2) is 6.07. The van der Waals surface area contributed by atoms with Gasteiger partial charge in [0.2, 0.25) is 10.0 Å². The number of halogens is 3. The molecular weight excluding hydrogens is 363 g/mol. The van der Waals surface area contributed by atoms with Gasteiger partial charge in [-0.1, -0.05) is 39.1 Å². The Hall–Kier alpha value is 0.150. The summed E-state index contributed by atoms with van der Waals surface area (Å²) in [5, 5.41) is 0.149. The molecule has 0 radical (unpaired) electrons. The van der Waals surface area contributed by atoms with Crippen LogP contribution in [0.15, 0.2) is 21.5 Å². The van der Waals surface area contributed by atoms with E-state index in [4.69, 9.17) is 28.9 Å². The topological polar surface area (TPSA) is 63.4 Å². The minimum absolute atomic E-state index is 0.0745. The summed E-state index contributed by atoms with van der Waals surface area (Å²) < 4.78 is 26.5. The largest absolute Gasteiger partial charge is 0.329 e. The summed E-state index contributed by atoms with van der Waals surface area (Å²) >= 11 is 15.1. The highest BCUT2D eigenvalue weighted by atomic mass is 79.9. The van der Waals surface area contributed by atoms with Crippen LogP contribution < -0.4 is 5.73 Å². The van der Waals surface area contributed by atoms with Gasteiger partial charge in [0.25, 0.3) is 0 Å². The molecule has 18 heavy (non-hydrogen) atoms. The molecule has 8 heteroatoms. The van der Waals surface area contributed by atoms with Crippen LogP contribution in [0.3, 0.4) is 0 Å². The van der Waals surface area contributed by atoms with Crippen molar-refractivity contribution in [2.75, 3.05) is 13.6 Å². The average molecular weight is 376 g/mol. The molecule has 0 aromatic heterocycles. The van der Waals surface area contributed by atoms with Gasteiger partial charge in [-0.2, -0.15) is 4.31 Å². The summed E-state index contributed by atoms with van der Waals surface area (Å²) in [6.07, 6.45) is 0. The van der Waals surface area contributed by atoms with E-state index in [-0.39, 0.29) is 27.5 Å². The second-order valence-corrected chi connectivity index (χ2v) is 7.47. The van der Waals surface area contributed by atoms with E-state index in [9.17, 15) is 8.42 Å². The maximum atomic E-state index is 12.4. The number of sulfonamides is 1. The lowest BCUT2D eigenvalue weighted by molar-refractivity contribution is 0.394. The van der Waals surface area contributed by atoms with E-state index in [0.29, 0.717) is 4.47 Å². The maximum Gasteiger partial charge on any atom is 0.246 e. The first-order valence-corrected chi connectivity index (χ1v) is 8.03. The molecule has 1 aromatic rings. The van der Waals surface area contributed by atoms with Gasteiger partial charge in [-0.05, 0) is 19.1 Å². The van der Waals surface area contributed by atoms with E-state index in [1.165, 1.54) is 19.2 Å². The summed E-state index contributed by atoms with van der Waals surface area (Å²) in [4.78, 5) is -0.100. The Balaban J connectivity index is 3.38. The van der Waals surface area contributed by atoms with Gasteiger partial charge in [0.1, 0.15) is 4.90 Å². The smallest absolute Gasteiger partial charge is 0.246 e. The quantitative estimate of drug-likeness (QED) is 0.879. The Bertz CT molecular complexity index is 528. The fourth-order valence-corrected chi connectivity index (χ4v) is 4.56. The van der Waals surface area contributed by atoms with Crippen LogP contribution in [0.5, 0.6) is 0 Å². The molecule has 0 fully saturated rings. The van der Waals surface area contributed by atoms with Crippen molar-refractivity contribution in [1.29, 1.82) is 0 Å². The van der Waals surface area contributed by atoms with E-state index in [1.807, 2.05) is 0 Å². The molecule has 0 saturated heterocycles. The highest BCUT2D eigenvalue weighted by Gasteiger charge is 2.29. The highest BCUT2D eigenvalue weighted by Crippen LogP contribution is 2.34. The number of hydrogen-bond donors (Lipinski definition) is 1. The Morgan fingerprint density at radius 2 is 1.83 bits per heavy atom. The Labute approximate surface area is 125 Å². The molecule has 102 valence electrons. The third-order valence-corrected chi connectivity index (χ3v) is 5.91. The third kappa shape index (κ3) is 3.18. The lowest BCUT2D eigenvalue weighted by atomic mass is 10.3. The summed E-state index contributed by atoms with van der Waals surface area (Å²) in [6, 6.07) is 2.63. The molecule has 1 atom stereocenters. The zero-order chi connectivity index (χ0) is 14.1. The van der Waals surface area contributed by atoms with Crippen LogP contribution in [0, 0.1) is 0 Å². The van der Waals surface area contributed by atoms with Crippen molar-refractivity contribution in [1.82, 2.24) is 4.31 Å². The zero-order valence-electron chi connectivity index (χ0n) is 9.82. The molecular formula is C10H13BrCl2N2O2S. The van der Waals surface area contributed by atoms with Gasteiger partial charge in [0.05, 0.1) is 10.0 Å². The van der Waals surface area contributed by atoms with E-state index < -0.39 is 10.0 Å². The standard InChI is InChI=1S/C10H13BrCl2N2O2S/c1-6(5-14)15(2)18(16,17)10-8(12)3-7(11)4-9(10)13/h3-4,6H,5,14H2,1-2H3. The average Bonchev–Trinajstić information content (AvgIpc) is 2.24. The number of rotatable bonds is 4. The van der Waals surface area contributed by atoms with Gasteiger partial charge in [-0.3, -0.25) is 0 Å². The normalized spacial score (nSPS) is 13.9. The van der Waals surface area contributed by atoms with Crippen LogP contribution in [0.4, 0.5) is 0 Å². The number of hydrogen-bond acceptors (Lipinski definition) is 3. The zero-order valence-corrected chi connectivity index (χ0v) is 13.7. The van der Waals surface area contributed by atoms with E-state index in [2.05, 4.69) is 15.9 Å². The molecule has 1 unspecified atom stereocenters. The number of nitrogens with zero attached hydrogens (tertiary/aromatic N) is 1. The first kappa shape index (κ1) is 16.2. The van der Waals surface area contributed by atoms with E-state index in [1.54, 1.807) is 6.92 Å². The van der Waals surface area contributed by atoms with Crippen molar-refractivity contribution in [3.63, 3.8) is 0 Å². The molecule has 0 spiro atoms. The number of benzene rings is 1. The molecule has 1 aromatic carbocycles. The highest BCUT2D eigenvalue weighted by molar-refractivity contribution is 9.10. The van der Waals surface area contributed by atoms with Crippen molar-refractivity contribution in [3.05, 3.63) is 26.7 Å². The lowest BCUT2D eigenvalue weighted by Crippen LogP contribution is -2.39. The lowest BCUT2D eigenvalue weighted by Gasteiger charge is -2.24. The first-order chi connectivity index (χ1) is 8.21. The molecule has 0 bridgehead atoms. The summed E-state index contributed by atoms with van der Waals surface area (Å²) in [6.45, 7) is 1.92. The van der Waals surface area contributed by atoms with Crippen LogP contribution in [0.1, 0.15) is 6.92 Å². The van der Waals surface area contributed by atoms with Gasteiger partial charge < -0.3 is 5.73 Å². The fraction of sp³-hybridized carbons (Fsp3) is 0.400. The van der Waals surface area contributed by atoms with Crippen molar-refractivity contribution in [2.45, 2.75) is 17.9 Å². The summed E-state index contributed by atoms with van der Waals surface area (Å²) in [7, 11) is -2.31. The minimum Gasteiger partial charge on any atom is -0.329 e. The molecule has 0 heterocycles. The van der Waals surface area contributed by atoms with Crippen molar-refractivity contribution >= 4 is 49.2 Å². The fourth-order valence-electron chi connectivity index (χ4n) is 1.30. The van der Waals surface area contributed by atoms with Crippen LogP contribution in [-0.4, -0.2) is 32.4 Å². The van der Waals surface area contributed by atoms with E-state index in [0.717, 1.165) is 4.31 Å². The van der Waals surface area contributed by atoms with Gasteiger partial charge >= 0.3 is 0 Å². The predicted molar refractivity (Wildman–Crippen MR) is 77.6 cm³/mol. The van der Waals surface area contributed by atoms with Crippen LogP contribution in [-0.2, 0) is 10.0 Å². The van der Waals surface area contributed by atoms with Crippen LogP contribution >= 0.6 is 39.1 Å². The molecule has 0 amide bonds. The van der Waals surface area contributed by atoms with Crippen molar-refractivity contribution in [3.8, 4) is 0 Å². The first-order valence-electron chi connectivity index (χ1n) is 5.04. The van der Waals surface area contributed by atoms with Crippen LogP contribution in [0.2, 0.25) is 10.0 Å². The predicted octanol–water partition coefficient (Wildman–Crippen LogP) is 2.72. The van der Waals surface area contributed by atoms with Gasteiger partial charge in [0.15, 0.2) is 0 Å². The minimum atomic E-state index is -3.76. The SMILES string of the molecule is CC(CN)N(C)S(=O)(=O)c1c(Cl)cc(Br)cc1Cl. The molecule has 0 aliphatic carbocycles. The van der Waals surface area contributed by atoms with Crippen molar-refractivity contribution < 1.29 is 8.42 Å². The van der Waals surface area contributed by atoms with Gasteiger partial charge in [0, 0.05) is 24.1 Å². The van der Waals surface area contributed by atoms with E-state index >= 15 is 0 Å². The molecule has 0 aliphatic heterocycles. The second-order valence-electron chi connectivity index (χ2n) is 3.80. The molecule has 0 saturated carbocycles. The maximum absolute atomic E-state index is 12.4. The van der Waals surface area contributed by atoms with Crippen LogP contribution in [0.25, 0.3) is 0 Å². The van der Waals surface area contributed by atoms with Crippen molar-refractivity contribution in [2.24, 2.45) is 5.73 Å². The monoisotopic (exact) mass is 374 g/mol. The summed E-state index contributed by atoms with van der Waals surface area (Å²) in [5.41, 5.74) is 5.47. The Morgan fingerprint density at radius 3 is 2.22 bits per heavy atom. The summed E-state index contributed by atoms with van der Waals surface area (Å²) in [5.74, 6) is 0. The van der Waals surface area contributed by atoms with Gasteiger partial charge in [-0.25, -0.2) is 8.42 Å². The molecule has 4 nitrogen and oxygen atoms in total. The number of likely N-dealkylation sites (N-methyl/N-ethyl adjacent to an activating group) is 1. The third-order valence-electron chi connectivity index (χ3n) is 2.56. The number of nitrogens with two attached hydrogens (primary N) is 1. The Kier molecular flexibility index (Phi) is 5.46. The Morgan fingerprint density at radius 1 is 1.39 bits per heavy atom. The molecule has 2 N–H and O–H groups in total. The van der Waals surface area contributed by atoms with Gasteiger partial charge in [-0.15, -0.1) is 0 Å². The molecule has 0 aliphatic rings.